The van der Waals surface area contributed by atoms with Gasteiger partial charge in [0.1, 0.15) is 16.3 Å². The maximum Gasteiger partial charge on any atom is 0.341 e. The number of nitrogens with one attached hydrogen (secondary N) is 1. The molecule has 7 nitrogen and oxygen atoms in total. The number of anilines is 1. The van der Waals surface area contributed by atoms with Crippen LogP contribution >= 0.6 is 22.7 Å². The van der Waals surface area contributed by atoms with Crippen LogP contribution in [0.3, 0.4) is 0 Å². The van der Waals surface area contributed by atoms with Crippen molar-refractivity contribution in [3.63, 3.8) is 0 Å². The largest absolute Gasteiger partial charge is 0.469 e. The minimum atomic E-state index is -0.526. The first kappa shape index (κ1) is 20.8. The van der Waals surface area contributed by atoms with Crippen molar-refractivity contribution < 1.29 is 28.3 Å². The average molecular weight is 434 g/mol. The number of thiophene rings is 2. The van der Waals surface area contributed by atoms with Gasteiger partial charge in [-0.05, 0) is 30.5 Å². The molecule has 0 aliphatic heterocycles. The summed E-state index contributed by atoms with van der Waals surface area (Å²) in [4.78, 5) is 37.4. The lowest BCUT2D eigenvalue weighted by Gasteiger charge is -2.08. The standard InChI is InChI=1S/C20H19NO6S2/c1-2-25-20(24)18-14(15-6-4-10-28-15)12-29-19(18)21-16(22)11-27-17(23)8-7-13-5-3-9-26-13/h3-6,9-10,12H,2,7-8,11H2,1H3,(H,21,22). The van der Waals surface area contributed by atoms with E-state index in [4.69, 9.17) is 13.9 Å². The van der Waals surface area contributed by atoms with Gasteiger partial charge in [-0.15, -0.1) is 22.7 Å². The topological polar surface area (TPSA) is 94.8 Å². The molecular formula is C20H19NO6S2. The van der Waals surface area contributed by atoms with Crippen LogP contribution in [0.1, 0.15) is 29.5 Å². The van der Waals surface area contributed by atoms with Crippen LogP contribution < -0.4 is 5.32 Å². The highest BCUT2D eigenvalue weighted by Crippen LogP contribution is 2.38. The summed E-state index contributed by atoms with van der Waals surface area (Å²) >= 11 is 2.71. The summed E-state index contributed by atoms with van der Waals surface area (Å²) in [6.07, 6.45) is 2.03. The van der Waals surface area contributed by atoms with Crippen LogP contribution in [0.15, 0.2) is 45.7 Å². The van der Waals surface area contributed by atoms with Crippen LogP contribution in [0.4, 0.5) is 5.00 Å². The molecule has 3 aromatic rings. The van der Waals surface area contributed by atoms with Gasteiger partial charge in [-0.2, -0.15) is 0 Å². The first-order valence-electron chi connectivity index (χ1n) is 8.88. The van der Waals surface area contributed by atoms with Crippen molar-refractivity contribution in [3.8, 4) is 10.4 Å². The van der Waals surface area contributed by atoms with Gasteiger partial charge in [0.2, 0.25) is 0 Å². The molecule has 152 valence electrons. The molecule has 3 rings (SSSR count). The highest BCUT2D eigenvalue weighted by molar-refractivity contribution is 7.17. The van der Waals surface area contributed by atoms with Crippen LogP contribution in [0.25, 0.3) is 10.4 Å². The molecule has 0 spiro atoms. The van der Waals surface area contributed by atoms with Gasteiger partial charge in [-0.25, -0.2) is 4.79 Å². The summed E-state index contributed by atoms with van der Waals surface area (Å²) in [7, 11) is 0. The van der Waals surface area contributed by atoms with Crippen LogP contribution in [0.2, 0.25) is 0 Å². The summed E-state index contributed by atoms with van der Waals surface area (Å²) in [6, 6.07) is 7.27. The molecule has 0 bridgehead atoms. The highest BCUT2D eigenvalue weighted by Gasteiger charge is 2.23. The Morgan fingerprint density at radius 2 is 2.00 bits per heavy atom. The molecule has 0 fully saturated rings. The summed E-state index contributed by atoms with van der Waals surface area (Å²) in [6.45, 7) is 1.50. The molecule has 0 saturated carbocycles. The van der Waals surface area contributed by atoms with Crippen molar-refractivity contribution in [3.05, 3.63) is 52.6 Å². The quantitative estimate of drug-likeness (QED) is 0.504. The number of amides is 1. The maximum absolute atomic E-state index is 12.4. The molecule has 0 aliphatic rings. The fraction of sp³-hybridized carbons (Fsp3) is 0.250. The lowest BCUT2D eigenvalue weighted by atomic mass is 10.1. The molecule has 0 saturated heterocycles. The Kier molecular flexibility index (Phi) is 7.20. The Balaban J connectivity index is 1.60. The third kappa shape index (κ3) is 5.55. The van der Waals surface area contributed by atoms with Crippen molar-refractivity contribution in [1.82, 2.24) is 0 Å². The molecule has 0 atom stereocenters. The van der Waals surface area contributed by atoms with E-state index in [1.165, 1.54) is 28.9 Å². The number of ether oxygens (including phenoxy) is 2. The Labute approximate surface area is 175 Å². The second-order valence-corrected chi connectivity index (χ2v) is 7.67. The second kappa shape index (κ2) is 10.0. The molecular weight excluding hydrogens is 414 g/mol. The molecule has 0 unspecified atom stereocenters. The Morgan fingerprint density at radius 3 is 2.69 bits per heavy atom. The third-order valence-corrected chi connectivity index (χ3v) is 5.63. The Bertz CT molecular complexity index is 959. The Morgan fingerprint density at radius 1 is 1.14 bits per heavy atom. The zero-order chi connectivity index (χ0) is 20.6. The first-order valence-corrected chi connectivity index (χ1v) is 10.6. The minimum Gasteiger partial charge on any atom is -0.469 e. The predicted octanol–water partition coefficient (Wildman–Crippen LogP) is 4.36. The van der Waals surface area contributed by atoms with Crippen molar-refractivity contribution >= 4 is 45.5 Å². The maximum atomic E-state index is 12.4. The SMILES string of the molecule is CCOC(=O)c1c(-c2cccs2)csc1NC(=O)COC(=O)CCc1ccco1. The van der Waals surface area contributed by atoms with Gasteiger partial charge in [-0.3, -0.25) is 9.59 Å². The van der Waals surface area contributed by atoms with E-state index < -0.39 is 24.5 Å². The van der Waals surface area contributed by atoms with E-state index in [2.05, 4.69) is 5.32 Å². The monoisotopic (exact) mass is 433 g/mol. The minimum absolute atomic E-state index is 0.108. The number of hydrogen-bond acceptors (Lipinski definition) is 8. The summed E-state index contributed by atoms with van der Waals surface area (Å²) in [5, 5.41) is 6.71. The zero-order valence-corrected chi connectivity index (χ0v) is 17.3. The number of rotatable bonds is 9. The van der Waals surface area contributed by atoms with E-state index in [1.807, 2.05) is 17.5 Å². The van der Waals surface area contributed by atoms with Gasteiger partial charge >= 0.3 is 11.9 Å². The average Bonchev–Trinajstić information content (AvgIpc) is 3.46. The number of furan rings is 1. The molecule has 29 heavy (non-hydrogen) atoms. The molecule has 1 N–H and O–H groups in total. The first-order chi connectivity index (χ1) is 14.1. The molecule has 1 amide bonds. The van der Waals surface area contributed by atoms with Crippen LogP contribution in [0.5, 0.6) is 0 Å². The smallest absolute Gasteiger partial charge is 0.341 e. The predicted molar refractivity (Wildman–Crippen MR) is 110 cm³/mol. The van der Waals surface area contributed by atoms with Gasteiger partial charge < -0.3 is 19.2 Å². The normalized spacial score (nSPS) is 10.5. The second-order valence-electron chi connectivity index (χ2n) is 5.84. The van der Waals surface area contributed by atoms with Crippen molar-refractivity contribution in [2.45, 2.75) is 19.8 Å². The third-order valence-electron chi connectivity index (χ3n) is 3.83. The lowest BCUT2D eigenvalue weighted by molar-refractivity contribution is -0.147. The highest BCUT2D eigenvalue weighted by atomic mass is 32.1. The number of carbonyl (C=O) groups excluding carboxylic acids is 3. The number of esters is 2. The fourth-order valence-corrected chi connectivity index (χ4v) is 4.32. The van der Waals surface area contributed by atoms with E-state index in [0.717, 1.165) is 4.88 Å². The van der Waals surface area contributed by atoms with Crippen molar-refractivity contribution in [2.75, 3.05) is 18.5 Å². The molecule has 3 heterocycles. The summed E-state index contributed by atoms with van der Waals surface area (Å²) in [5.41, 5.74) is 1.01. The molecule has 9 heteroatoms. The van der Waals surface area contributed by atoms with Gasteiger partial charge in [0.05, 0.1) is 19.3 Å². The number of carbonyl (C=O) groups is 3. The van der Waals surface area contributed by atoms with Crippen molar-refractivity contribution in [1.29, 1.82) is 0 Å². The van der Waals surface area contributed by atoms with Crippen LogP contribution in [0, 0.1) is 0 Å². The van der Waals surface area contributed by atoms with E-state index in [-0.39, 0.29) is 13.0 Å². The van der Waals surface area contributed by atoms with Gasteiger partial charge in [0.25, 0.3) is 5.91 Å². The lowest BCUT2D eigenvalue weighted by Crippen LogP contribution is -2.21. The van der Waals surface area contributed by atoms with Gasteiger partial charge in [0.15, 0.2) is 6.61 Å². The zero-order valence-electron chi connectivity index (χ0n) is 15.6. The summed E-state index contributed by atoms with van der Waals surface area (Å²) in [5.74, 6) is -0.873. The van der Waals surface area contributed by atoms with Gasteiger partial charge in [-0.1, -0.05) is 6.07 Å². The van der Waals surface area contributed by atoms with Crippen LogP contribution in [-0.4, -0.2) is 31.1 Å². The molecule has 0 aromatic carbocycles. The van der Waals surface area contributed by atoms with E-state index in [1.54, 1.807) is 24.4 Å². The Hall–Kier alpha value is -2.91. The summed E-state index contributed by atoms with van der Waals surface area (Å²) < 4.78 is 15.3. The molecule has 0 radical (unpaired) electrons. The van der Waals surface area contributed by atoms with Gasteiger partial charge in [0, 0.05) is 22.2 Å². The van der Waals surface area contributed by atoms with Crippen molar-refractivity contribution in [2.24, 2.45) is 0 Å². The van der Waals surface area contributed by atoms with E-state index in [9.17, 15) is 14.4 Å². The fourth-order valence-electron chi connectivity index (χ4n) is 2.53. The number of aryl methyl sites for hydroxylation is 1. The molecule has 3 aromatic heterocycles. The van der Waals surface area contributed by atoms with E-state index in [0.29, 0.717) is 28.3 Å². The van der Waals surface area contributed by atoms with Crippen LogP contribution in [-0.2, 0) is 25.5 Å². The number of hydrogen-bond donors (Lipinski definition) is 1. The molecule has 0 aliphatic carbocycles. The van der Waals surface area contributed by atoms with E-state index >= 15 is 0 Å².